The van der Waals surface area contributed by atoms with E-state index in [0.717, 1.165) is 32.5 Å². The average molecular weight is 248 g/mol. The topological polar surface area (TPSA) is 26.7 Å². The van der Waals surface area contributed by atoms with E-state index in [0.29, 0.717) is 6.61 Å². The summed E-state index contributed by atoms with van der Waals surface area (Å²) in [4.78, 5) is 4.83. The molecule has 1 aromatic carbocycles. The van der Waals surface area contributed by atoms with Gasteiger partial charge in [-0.25, -0.2) is 0 Å². The zero-order chi connectivity index (χ0) is 12.8. The average Bonchev–Trinajstić information content (AvgIpc) is 2.41. The lowest BCUT2D eigenvalue weighted by molar-refractivity contribution is 0.282. The van der Waals surface area contributed by atoms with Gasteiger partial charge in [0.1, 0.15) is 0 Å². The third-order valence-electron chi connectivity index (χ3n) is 3.68. The second kappa shape index (κ2) is 6.64. The summed E-state index contributed by atoms with van der Waals surface area (Å²) in [6.45, 7) is 3.69. The van der Waals surface area contributed by atoms with Crippen LogP contribution in [0.1, 0.15) is 25.7 Å². The van der Waals surface area contributed by atoms with Crippen molar-refractivity contribution >= 4 is 11.4 Å². The van der Waals surface area contributed by atoms with Crippen molar-refractivity contribution in [3.63, 3.8) is 0 Å². The van der Waals surface area contributed by atoms with Crippen LogP contribution in [0.5, 0.6) is 0 Å². The van der Waals surface area contributed by atoms with E-state index in [1.54, 1.807) is 0 Å². The highest BCUT2D eigenvalue weighted by molar-refractivity contribution is 5.72. The molecule has 1 heterocycles. The summed E-state index contributed by atoms with van der Waals surface area (Å²) < 4.78 is 0. The zero-order valence-electron chi connectivity index (χ0n) is 11.3. The molecule has 0 saturated heterocycles. The summed E-state index contributed by atoms with van der Waals surface area (Å²) in [5, 5.41) is 8.76. The Morgan fingerprint density at radius 2 is 1.72 bits per heavy atom. The number of benzene rings is 1. The van der Waals surface area contributed by atoms with Crippen molar-refractivity contribution in [1.29, 1.82) is 0 Å². The monoisotopic (exact) mass is 248 g/mol. The Labute approximate surface area is 110 Å². The molecule has 1 aliphatic heterocycles. The lowest BCUT2D eigenvalue weighted by Crippen LogP contribution is -2.39. The lowest BCUT2D eigenvalue weighted by atomic mass is 10.1. The maximum absolute atomic E-state index is 8.76. The summed E-state index contributed by atoms with van der Waals surface area (Å²) in [5.74, 6) is 0. The van der Waals surface area contributed by atoms with Crippen LogP contribution >= 0.6 is 0 Å². The van der Waals surface area contributed by atoms with Gasteiger partial charge in [-0.1, -0.05) is 25.0 Å². The third kappa shape index (κ3) is 3.16. The summed E-state index contributed by atoms with van der Waals surface area (Å²) in [6, 6.07) is 8.66. The van der Waals surface area contributed by atoms with Gasteiger partial charge in [-0.15, -0.1) is 0 Å². The minimum atomic E-state index is 0.331. The molecule has 0 radical (unpaired) electrons. The van der Waals surface area contributed by atoms with Crippen LogP contribution in [0.3, 0.4) is 0 Å². The number of nitrogens with zero attached hydrogens (tertiary/aromatic N) is 2. The smallest absolute Gasteiger partial charge is 0.0604 e. The maximum Gasteiger partial charge on any atom is 0.0604 e. The number of anilines is 2. The van der Waals surface area contributed by atoms with Gasteiger partial charge in [0.25, 0.3) is 0 Å². The molecule has 18 heavy (non-hydrogen) atoms. The number of unbranched alkanes of at least 4 members (excludes halogenated alkanes) is 3. The Morgan fingerprint density at radius 3 is 2.50 bits per heavy atom. The van der Waals surface area contributed by atoms with Gasteiger partial charge in [-0.3, -0.25) is 0 Å². The number of aliphatic hydroxyl groups is 1. The second-order valence-electron chi connectivity index (χ2n) is 5.04. The highest BCUT2D eigenvalue weighted by Gasteiger charge is 2.18. The van der Waals surface area contributed by atoms with Crippen LogP contribution < -0.4 is 9.80 Å². The molecule has 0 atom stereocenters. The largest absolute Gasteiger partial charge is 0.396 e. The third-order valence-corrected chi connectivity index (χ3v) is 3.68. The first kappa shape index (κ1) is 13.2. The Balaban J connectivity index is 1.89. The van der Waals surface area contributed by atoms with Crippen molar-refractivity contribution in [1.82, 2.24) is 0 Å². The van der Waals surface area contributed by atoms with Crippen LogP contribution in [0.4, 0.5) is 11.4 Å². The highest BCUT2D eigenvalue weighted by Crippen LogP contribution is 2.31. The van der Waals surface area contributed by atoms with E-state index < -0.39 is 0 Å². The van der Waals surface area contributed by atoms with Gasteiger partial charge < -0.3 is 14.9 Å². The molecule has 3 heteroatoms. The van der Waals surface area contributed by atoms with Gasteiger partial charge in [0, 0.05) is 33.3 Å². The van der Waals surface area contributed by atoms with Gasteiger partial charge in [0.2, 0.25) is 0 Å². The number of para-hydroxylation sites is 2. The van der Waals surface area contributed by atoms with Crippen LogP contribution in [-0.2, 0) is 0 Å². The van der Waals surface area contributed by atoms with Gasteiger partial charge in [-0.2, -0.15) is 0 Å². The Morgan fingerprint density at radius 1 is 1.00 bits per heavy atom. The van der Waals surface area contributed by atoms with Crippen molar-refractivity contribution in [2.45, 2.75) is 25.7 Å². The molecule has 1 aromatic rings. The first-order chi connectivity index (χ1) is 8.83. The summed E-state index contributed by atoms with van der Waals surface area (Å²) in [7, 11) is 2.16. The van der Waals surface area contributed by atoms with E-state index in [-0.39, 0.29) is 0 Å². The fourth-order valence-corrected chi connectivity index (χ4v) is 2.57. The number of hydrogen-bond acceptors (Lipinski definition) is 3. The van der Waals surface area contributed by atoms with Crippen molar-refractivity contribution in [2.24, 2.45) is 0 Å². The molecule has 0 amide bonds. The molecule has 1 aliphatic rings. The second-order valence-corrected chi connectivity index (χ2v) is 5.04. The zero-order valence-corrected chi connectivity index (χ0v) is 11.3. The molecule has 0 spiro atoms. The van der Waals surface area contributed by atoms with E-state index in [2.05, 4.69) is 41.1 Å². The molecular weight excluding hydrogens is 224 g/mol. The highest BCUT2D eigenvalue weighted by atomic mass is 16.2. The van der Waals surface area contributed by atoms with Gasteiger partial charge in [0.15, 0.2) is 0 Å². The molecule has 0 unspecified atom stereocenters. The van der Waals surface area contributed by atoms with E-state index in [9.17, 15) is 0 Å². The molecule has 2 rings (SSSR count). The molecule has 3 nitrogen and oxygen atoms in total. The van der Waals surface area contributed by atoms with Crippen molar-refractivity contribution in [2.75, 3.05) is 43.1 Å². The van der Waals surface area contributed by atoms with E-state index >= 15 is 0 Å². The number of aliphatic hydroxyl groups excluding tert-OH is 1. The molecule has 0 saturated carbocycles. The Bertz CT molecular complexity index is 367. The molecule has 100 valence electrons. The Kier molecular flexibility index (Phi) is 4.88. The molecular formula is C15H24N2O. The normalized spacial score (nSPS) is 14.8. The summed E-state index contributed by atoms with van der Waals surface area (Å²) in [6.07, 6.45) is 4.53. The SMILES string of the molecule is CN1CCN(CCCCCCO)c2ccccc21. The fraction of sp³-hybridized carbons (Fsp3) is 0.600. The predicted octanol–water partition coefficient (Wildman–Crippen LogP) is 2.50. The van der Waals surface area contributed by atoms with Crippen molar-refractivity contribution in [3.05, 3.63) is 24.3 Å². The van der Waals surface area contributed by atoms with Gasteiger partial charge >= 0.3 is 0 Å². The van der Waals surface area contributed by atoms with Crippen molar-refractivity contribution in [3.8, 4) is 0 Å². The van der Waals surface area contributed by atoms with Crippen LogP contribution in [0.2, 0.25) is 0 Å². The van der Waals surface area contributed by atoms with Gasteiger partial charge in [0.05, 0.1) is 11.4 Å². The standard InChI is InChI=1S/C15H24N2O/c1-16-11-12-17(10-6-2-3-7-13-18)15-9-5-4-8-14(15)16/h4-5,8-9,18H,2-3,6-7,10-13H2,1H3. The summed E-state index contributed by atoms with van der Waals surface area (Å²) >= 11 is 0. The molecule has 0 bridgehead atoms. The molecule has 0 aliphatic carbocycles. The minimum Gasteiger partial charge on any atom is -0.396 e. The first-order valence-corrected chi connectivity index (χ1v) is 6.99. The lowest BCUT2D eigenvalue weighted by Gasteiger charge is -2.37. The predicted molar refractivity (Wildman–Crippen MR) is 77.5 cm³/mol. The minimum absolute atomic E-state index is 0.331. The van der Waals surface area contributed by atoms with E-state index in [1.165, 1.54) is 24.2 Å². The first-order valence-electron chi connectivity index (χ1n) is 6.99. The Hall–Kier alpha value is -1.22. The van der Waals surface area contributed by atoms with Crippen LogP contribution in [0.25, 0.3) is 0 Å². The number of likely N-dealkylation sites (N-methyl/N-ethyl adjacent to an activating group) is 1. The van der Waals surface area contributed by atoms with Gasteiger partial charge in [-0.05, 0) is 25.0 Å². The van der Waals surface area contributed by atoms with Crippen LogP contribution in [-0.4, -0.2) is 38.4 Å². The van der Waals surface area contributed by atoms with E-state index in [1.807, 2.05) is 0 Å². The van der Waals surface area contributed by atoms with Crippen molar-refractivity contribution < 1.29 is 5.11 Å². The van der Waals surface area contributed by atoms with Crippen LogP contribution in [0, 0.1) is 0 Å². The number of fused-ring (bicyclic) bond motifs is 1. The molecule has 0 aromatic heterocycles. The quantitative estimate of drug-likeness (QED) is 0.784. The molecule has 0 fully saturated rings. The fourth-order valence-electron chi connectivity index (χ4n) is 2.57. The number of rotatable bonds is 6. The molecule has 1 N–H and O–H groups in total. The summed E-state index contributed by atoms with van der Waals surface area (Å²) in [5.41, 5.74) is 2.72. The number of hydrogen-bond donors (Lipinski definition) is 1. The van der Waals surface area contributed by atoms with Crippen LogP contribution in [0.15, 0.2) is 24.3 Å². The van der Waals surface area contributed by atoms with E-state index in [4.69, 9.17) is 5.11 Å². The maximum atomic E-state index is 8.76.